The molecule has 4 heteroatoms. The summed E-state index contributed by atoms with van der Waals surface area (Å²) in [6.45, 7) is 4.00. The molecule has 0 bridgehead atoms. The number of nitriles is 1. The summed E-state index contributed by atoms with van der Waals surface area (Å²) in [6, 6.07) is 2.33. The lowest BCUT2D eigenvalue weighted by Gasteiger charge is -2.06. The van der Waals surface area contributed by atoms with Crippen molar-refractivity contribution in [3.63, 3.8) is 0 Å². The first-order valence-corrected chi connectivity index (χ1v) is 3.44. The van der Waals surface area contributed by atoms with Gasteiger partial charge in [-0.15, -0.1) is 0 Å². The van der Waals surface area contributed by atoms with Gasteiger partial charge in [-0.3, -0.25) is 5.10 Å². The fraction of sp³-hybridized carbons (Fsp3) is 0.429. The van der Waals surface area contributed by atoms with Crippen LogP contribution in [0.15, 0.2) is 6.20 Å². The number of hydrogen-bond acceptors (Lipinski definition) is 3. The normalized spacial score (nSPS) is 9.64. The first-order valence-electron chi connectivity index (χ1n) is 3.44. The van der Waals surface area contributed by atoms with Gasteiger partial charge in [0.2, 0.25) is 0 Å². The molecule has 4 nitrogen and oxygen atoms in total. The molecular formula is C7H10N4. The molecule has 11 heavy (non-hydrogen) atoms. The Kier molecular flexibility index (Phi) is 2.12. The maximum Gasteiger partial charge on any atom is 0.139 e. The lowest BCUT2D eigenvalue weighted by atomic mass is 10.3. The molecule has 0 unspecified atom stereocenters. The number of hydrogen-bond donors (Lipinski definition) is 2. The molecule has 1 rings (SSSR count). The SMILES string of the molecule is CC(C)Nc1[nH]ncc1C#N. The molecule has 0 aromatic carbocycles. The number of nitrogens with zero attached hydrogens (tertiary/aromatic N) is 2. The van der Waals surface area contributed by atoms with Crippen molar-refractivity contribution in [1.82, 2.24) is 10.2 Å². The second kappa shape index (κ2) is 3.06. The maximum atomic E-state index is 8.57. The predicted octanol–water partition coefficient (Wildman–Crippen LogP) is 1.10. The topological polar surface area (TPSA) is 64.5 Å². The highest BCUT2D eigenvalue weighted by Crippen LogP contribution is 2.09. The quantitative estimate of drug-likeness (QED) is 0.663. The second-order valence-corrected chi connectivity index (χ2v) is 2.57. The highest BCUT2D eigenvalue weighted by atomic mass is 15.2. The van der Waals surface area contributed by atoms with Crippen molar-refractivity contribution in [1.29, 1.82) is 5.26 Å². The van der Waals surface area contributed by atoms with E-state index in [1.165, 1.54) is 6.20 Å². The minimum atomic E-state index is 0.308. The summed E-state index contributed by atoms with van der Waals surface area (Å²) in [5, 5.41) is 18.1. The van der Waals surface area contributed by atoms with Crippen LogP contribution in [-0.4, -0.2) is 16.2 Å². The van der Waals surface area contributed by atoms with Gasteiger partial charge >= 0.3 is 0 Å². The van der Waals surface area contributed by atoms with E-state index >= 15 is 0 Å². The van der Waals surface area contributed by atoms with Gasteiger partial charge in [-0.1, -0.05) is 0 Å². The number of aromatic amines is 1. The zero-order valence-electron chi connectivity index (χ0n) is 6.55. The predicted molar refractivity (Wildman–Crippen MR) is 42.1 cm³/mol. The third-order valence-corrected chi connectivity index (χ3v) is 1.19. The molecular weight excluding hydrogens is 140 g/mol. The number of nitrogens with one attached hydrogen (secondary N) is 2. The van der Waals surface area contributed by atoms with Crippen molar-refractivity contribution in [2.45, 2.75) is 19.9 Å². The molecule has 0 saturated carbocycles. The highest BCUT2D eigenvalue weighted by Gasteiger charge is 2.03. The Morgan fingerprint density at radius 2 is 2.45 bits per heavy atom. The van der Waals surface area contributed by atoms with Crippen molar-refractivity contribution in [3.8, 4) is 6.07 Å². The van der Waals surface area contributed by atoms with Crippen LogP contribution in [0.5, 0.6) is 0 Å². The van der Waals surface area contributed by atoms with Gasteiger partial charge in [0, 0.05) is 6.04 Å². The molecule has 0 saturated heterocycles. The Hall–Kier alpha value is -1.50. The summed E-state index contributed by atoms with van der Waals surface area (Å²) >= 11 is 0. The van der Waals surface area contributed by atoms with Crippen LogP contribution in [0.2, 0.25) is 0 Å². The summed E-state index contributed by atoms with van der Waals surface area (Å²) in [5.41, 5.74) is 0.554. The Balaban J connectivity index is 2.79. The van der Waals surface area contributed by atoms with E-state index in [0.29, 0.717) is 17.4 Å². The molecule has 1 aromatic heterocycles. The molecule has 1 aromatic rings. The van der Waals surface area contributed by atoms with Gasteiger partial charge in [-0.05, 0) is 13.8 Å². The fourth-order valence-corrected chi connectivity index (χ4v) is 0.770. The Bertz CT molecular complexity index is 268. The molecule has 0 fully saturated rings. The Morgan fingerprint density at radius 1 is 1.73 bits per heavy atom. The van der Waals surface area contributed by atoms with E-state index in [9.17, 15) is 0 Å². The van der Waals surface area contributed by atoms with Gasteiger partial charge in [0.15, 0.2) is 0 Å². The van der Waals surface area contributed by atoms with E-state index in [4.69, 9.17) is 5.26 Å². The van der Waals surface area contributed by atoms with Crippen molar-refractivity contribution in [3.05, 3.63) is 11.8 Å². The van der Waals surface area contributed by atoms with Crippen molar-refractivity contribution in [2.75, 3.05) is 5.32 Å². The minimum Gasteiger partial charge on any atom is -0.367 e. The molecule has 0 aliphatic carbocycles. The van der Waals surface area contributed by atoms with Gasteiger partial charge in [-0.2, -0.15) is 10.4 Å². The zero-order valence-corrected chi connectivity index (χ0v) is 6.55. The Labute approximate surface area is 65.2 Å². The highest BCUT2D eigenvalue weighted by molar-refractivity contribution is 5.50. The molecule has 0 aliphatic rings. The van der Waals surface area contributed by atoms with E-state index in [1.807, 2.05) is 19.9 Å². The third kappa shape index (κ3) is 1.71. The number of aromatic nitrogens is 2. The van der Waals surface area contributed by atoms with Crippen molar-refractivity contribution < 1.29 is 0 Å². The summed E-state index contributed by atoms with van der Waals surface area (Å²) in [4.78, 5) is 0. The lowest BCUT2D eigenvalue weighted by Crippen LogP contribution is -2.10. The average molecular weight is 150 g/mol. The van der Waals surface area contributed by atoms with Gasteiger partial charge in [0.05, 0.1) is 6.20 Å². The van der Waals surface area contributed by atoms with Crippen LogP contribution in [0.25, 0.3) is 0 Å². The monoisotopic (exact) mass is 150 g/mol. The summed E-state index contributed by atoms with van der Waals surface area (Å²) in [6.07, 6.45) is 1.50. The van der Waals surface area contributed by atoms with Crippen molar-refractivity contribution in [2.24, 2.45) is 0 Å². The van der Waals surface area contributed by atoms with Crippen LogP contribution in [0, 0.1) is 11.3 Å². The van der Waals surface area contributed by atoms with E-state index in [1.54, 1.807) is 0 Å². The smallest absolute Gasteiger partial charge is 0.139 e. The van der Waals surface area contributed by atoms with Gasteiger partial charge in [0.25, 0.3) is 0 Å². The molecule has 0 atom stereocenters. The summed E-state index contributed by atoms with van der Waals surface area (Å²) in [5.74, 6) is 0.697. The molecule has 2 N–H and O–H groups in total. The molecule has 0 amide bonds. The standard InChI is InChI=1S/C7H10N4/c1-5(2)10-7-6(3-8)4-9-11-7/h4-5H,1-2H3,(H2,9,10,11). The zero-order chi connectivity index (χ0) is 8.27. The molecule has 0 radical (unpaired) electrons. The largest absolute Gasteiger partial charge is 0.367 e. The first-order chi connectivity index (χ1) is 5.24. The summed E-state index contributed by atoms with van der Waals surface area (Å²) in [7, 11) is 0. The third-order valence-electron chi connectivity index (χ3n) is 1.19. The lowest BCUT2D eigenvalue weighted by molar-refractivity contribution is 0.883. The van der Waals surface area contributed by atoms with Crippen LogP contribution < -0.4 is 5.32 Å². The van der Waals surface area contributed by atoms with Gasteiger partial charge in [0.1, 0.15) is 17.5 Å². The van der Waals surface area contributed by atoms with Crippen molar-refractivity contribution >= 4 is 5.82 Å². The number of anilines is 1. The van der Waals surface area contributed by atoms with Crippen LogP contribution in [0.4, 0.5) is 5.82 Å². The molecule has 0 aliphatic heterocycles. The van der Waals surface area contributed by atoms with Crippen LogP contribution in [-0.2, 0) is 0 Å². The number of rotatable bonds is 2. The Morgan fingerprint density at radius 3 is 3.00 bits per heavy atom. The first kappa shape index (κ1) is 7.61. The maximum absolute atomic E-state index is 8.57. The molecule has 1 heterocycles. The van der Waals surface area contributed by atoms with Crippen LogP contribution in [0.1, 0.15) is 19.4 Å². The molecule has 0 spiro atoms. The van der Waals surface area contributed by atoms with Crippen LogP contribution in [0.3, 0.4) is 0 Å². The van der Waals surface area contributed by atoms with Gasteiger partial charge in [-0.25, -0.2) is 0 Å². The van der Waals surface area contributed by atoms with E-state index in [-0.39, 0.29) is 0 Å². The second-order valence-electron chi connectivity index (χ2n) is 2.57. The minimum absolute atomic E-state index is 0.308. The fourth-order valence-electron chi connectivity index (χ4n) is 0.770. The van der Waals surface area contributed by atoms with Gasteiger partial charge < -0.3 is 5.32 Å². The van der Waals surface area contributed by atoms with Crippen LogP contribution >= 0.6 is 0 Å². The van der Waals surface area contributed by atoms with E-state index < -0.39 is 0 Å². The average Bonchev–Trinajstić information content (AvgIpc) is 2.34. The summed E-state index contributed by atoms with van der Waals surface area (Å²) < 4.78 is 0. The number of H-pyrrole nitrogens is 1. The van der Waals surface area contributed by atoms with E-state index in [2.05, 4.69) is 15.5 Å². The molecule has 58 valence electrons. The van der Waals surface area contributed by atoms with E-state index in [0.717, 1.165) is 0 Å².